The third kappa shape index (κ3) is 14.1. The van der Waals surface area contributed by atoms with Gasteiger partial charge in [-0.3, -0.25) is 4.90 Å². The second-order valence-electron chi connectivity index (χ2n) is 18.5. The summed E-state index contributed by atoms with van der Waals surface area (Å²) in [6, 6.07) is 20.3. The largest absolute Gasteiger partial charge is 0.444 e. The number of allylic oxidation sites excluding steroid dienone is 1. The van der Waals surface area contributed by atoms with Crippen LogP contribution < -0.4 is 0 Å². The van der Waals surface area contributed by atoms with Crippen molar-refractivity contribution >= 4 is 20.4 Å². The van der Waals surface area contributed by atoms with Gasteiger partial charge in [0, 0.05) is 25.7 Å². The van der Waals surface area contributed by atoms with Gasteiger partial charge in [0.2, 0.25) is 0 Å². The summed E-state index contributed by atoms with van der Waals surface area (Å²) < 4.78 is 13.5. The van der Waals surface area contributed by atoms with Gasteiger partial charge in [-0.15, -0.1) is 0 Å². The van der Waals surface area contributed by atoms with Crippen molar-refractivity contribution in [3.63, 3.8) is 0 Å². The molecule has 3 amide bonds. The van der Waals surface area contributed by atoms with Crippen molar-refractivity contribution in [1.82, 2.24) is 19.6 Å². The lowest BCUT2D eigenvalue weighted by atomic mass is 9.92. The van der Waals surface area contributed by atoms with Crippen LogP contribution in [0, 0.1) is 0 Å². The molecule has 0 saturated carbocycles. The van der Waals surface area contributed by atoms with E-state index in [2.05, 4.69) is 82.1 Å². The molecule has 8 nitrogen and oxygen atoms in total. The van der Waals surface area contributed by atoms with Gasteiger partial charge in [-0.25, -0.2) is 9.59 Å². The molecule has 2 aromatic carbocycles. The highest BCUT2D eigenvalue weighted by atomic mass is 28.4. The molecule has 2 aromatic rings. The molecular weight excluding hydrogens is 701 g/mol. The molecule has 2 aliphatic heterocycles. The van der Waals surface area contributed by atoms with E-state index in [0.29, 0.717) is 39.4 Å². The van der Waals surface area contributed by atoms with Gasteiger partial charge in [-0.05, 0) is 75.7 Å². The molecule has 0 aromatic heterocycles. The van der Waals surface area contributed by atoms with Gasteiger partial charge in [0.25, 0.3) is 0 Å². The molecule has 2 heterocycles. The zero-order chi connectivity index (χ0) is 40.1. The van der Waals surface area contributed by atoms with Crippen molar-refractivity contribution in [3.8, 4) is 0 Å². The Morgan fingerprint density at radius 1 is 0.782 bits per heavy atom. The predicted molar refractivity (Wildman–Crippen MR) is 229 cm³/mol. The van der Waals surface area contributed by atoms with Crippen LogP contribution in [0.2, 0.25) is 18.1 Å². The Bertz CT molecular complexity index is 1420. The lowest BCUT2D eigenvalue weighted by Gasteiger charge is -2.53. The van der Waals surface area contributed by atoms with Gasteiger partial charge in [-0.1, -0.05) is 145 Å². The fourth-order valence-electron chi connectivity index (χ4n) is 7.44. The van der Waals surface area contributed by atoms with E-state index in [-0.39, 0.29) is 35.4 Å². The molecule has 2 fully saturated rings. The van der Waals surface area contributed by atoms with Crippen molar-refractivity contribution in [1.29, 1.82) is 0 Å². The van der Waals surface area contributed by atoms with Gasteiger partial charge in [0.05, 0.1) is 25.5 Å². The summed E-state index contributed by atoms with van der Waals surface area (Å²) in [6.45, 7) is 22.0. The topological polar surface area (TPSA) is 65.6 Å². The molecule has 0 aliphatic carbocycles. The normalized spacial score (nSPS) is 20.4. The minimum Gasteiger partial charge on any atom is -0.444 e. The van der Waals surface area contributed by atoms with E-state index < -0.39 is 13.9 Å². The Morgan fingerprint density at radius 2 is 1.31 bits per heavy atom. The fraction of sp³-hybridized carbons (Fsp3) is 0.652. The van der Waals surface area contributed by atoms with E-state index in [1.54, 1.807) is 0 Å². The lowest BCUT2D eigenvalue weighted by Crippen LogP contribution is -2.68. The average molecular weight is 775 g/mol. The number of urea groups is 1. The molecule has 0 bridgehead atoms. The summed E-state index contributed by atoms with van der Waals surface area (Å²) in [5.41, 5.74) is 1.56. The molecule has 9 heteroatoms. The minimum absolute atomic E-state index is 0.0157. The number of carbonyl (C=O) groups is 2. The van der Waals surface area contributed by atoms with Crippen LogP contribution in [0.4, 0.5) is 9.59 Å². The van der Waals surface area contributed by atoms with Crippen molar-refractivity contribution in [2.45, 2.75) is 174 Å². The van der Waals surface area contributed by atoms with E-state index in [1.807, 2.05) is 71.9 Å². The van der Waals surface area contributed by atoms with Crippen molar-refractivity contribution in [2.75, 3.05) is 19.9 Å². The van der Waals surface area contributed by atoms with Crippen LogP contribution in [-0.4, -0.2) is 83.7 Å². The molecule has 2 saturated heterocycles. The van der Waals surface area contributed by atoms with Crippen LogP contribution in [-0.2, 0) is 22.3 Å². The highest BCUT2D eigenvalue weighted by molar-refractivity contribution is 6.74. The summed E-state index contributed by atoms with van der Waals surface area (Å²) in [6.07, 6.45) is 17.2. The maximum Gasteiger partial charge on any atom is 0.410 e. The first-order chi connectivity index (χ1) is 26.1. The smallest absolute Gasteiger partial charge is 0.410 e. The molecule has 0 N–H and O–H groups in total. The van der Waals surface area contributed by atoms with Gasteiger partial charge < -0.3 is 23.9 Å². The number of hydrogen-bond acceptors (Lipinski definition) is 5. The number of unbranched alkanes of at least 4 members (excludes halogenated alkanes) is 8. The molecular formula is C46H74N4O4Si. The lowest BCUT2D eigenvalue weighted by molar-refractivity contribution is -0.0768. The highest BCUT2D eigenvalue weighted by Crippen LogP contribution is 2.40. The summed E-state index contributed by atoms with van der Waals surface area (Å²) in [7, 11) is -2.23. The van der Waals surface area contributed by atoms with E-state index in [1.165, 1.54) is 51.4 Å². The molecule has 0 spiro atoms. The molecule has 2 aliphatic rings. The number of hydrogen-bond donors (Lipinski definition) is 0. The standard InChI is InChI=1S/C46H74N4O4Si/c1-10-11-12-13-14-15-16-17-18-19-26-31-40-32-42(54-55(8,9)46(5,6)7)41(35-50(40)44(52)53-45(2,3)4)49-36-47(33-38-27-22-20-23-28-38)43(51)48(37-49)34-39-29-24-21-25-30-39/h19-30,40-42H,10-18,31-37H2,1-9H3/b26-19+/t40-,41+,42-/m1/s1. The Balaban J connectivity index is 1.61. The van der Waals surface area contributed by atoms with Crippen molar-refractivity contribution in [3.05, 3.63) is 83.9 Å². The SMILES string of the molecule is CCCCCCCCCC/C=C/C[C@@H]1C[C@@H](O[Si](C)(C)C(C)(C)C)[C@@H](N2CN(Cc3ccccc3)C(=O)N(Cc3ccccc3)C2)CN1C(=O)OC(C)(C)C. The number of amides is 3. The van der Waals surface area contributed by atoms with Gasteiger partial charge in [0.15, 0.2) is 8.32 Å². The summed E-state index contributed by atoms with van der Waals surface area (Å²) in [5, 5.41) is 0.0157. The van der Waals surface area contributed by atoms with Crippen molar-refractivity contribution < 1.29 is 18.8 Å². The zero-order valence-electron chi connectivity index (χ0n) is 35.9. The number of carbonyl (C=O) groups excluding carboxylic acids is 2. The maximum absolute atomic E-state index is 14.2. The molecule has 306 valence electrons. The predicted octanol–water partition coefficient (Wildman–Crippen LogP) is 11.6. The molecule has 3 atom stereocenters. The fourth-order valence-corrected chi connectivity index (χ4v) is 8.81. The Kier molecular flexibility index (Phi) is 16.9. The minimum atomic E-state index is -2.23. The number of ether oxygens (including phenoxy) is 1. The number of benzene rings is 2. The number of likely N-dealkylation sites (tertiary alicyclic amines) is 1. The van der Waals surface area contributed by atoms with Gasteiger partial charge >= 0.3 is 12.1 Å². The maximum atomic E-state index is 14.2. The van der Waals surface area contributed by atoms with Crippen LogP contribution in [0.15, 0.2) is 72.8 Å². The van der Waals surface area contributed by atoms with Crippen LogP contribution in [0.25, 0.3) is 0 Å². The van der Waals surface area contributed by atoms with E-state index >= 15 is 0 Å². The third-order valence-electron chi connectivity index (χ3n) is 11.6. The first-order valence-corrected chi connectivity index (χ1v) is 24.2. The molecule has 55 heavy (non-hydrogen) atoms. The van der Waals surface area contributed by atoms with Gasteiger partial charge in [0.1, 0.15) is 5.60 Å². The van der Waals surface area contributed by atoms with Crippen LogP contribution in [0.5, 0.6) is 0 Å². The molecule has 0 unspecified atom stereocenters. The van der Waals surface area contributed by atoms with E-state index in [0.717, 1.165) is 24.0 Å². The average Bonchev–Trinajstić information content (AvgIpc) is 3.12. The van der Waals surface area contributed by atoms with Gasteiger partial charge in [-0.2, -0.15) is 0 Å². The number of piperidine rings is 1. The number of nitrogens with zero attached hydrogens (tertiary/aromatic N) is 4. The Hall–Kier alpha value is -3.14. The Labute approximate surface area is 335 Å². The first-order valence-electron chi connectivity index (χ1n) is 21.3. The van der Waals surface area contributed by atoms with Crippen molar-refractivity contribution in [2.24, 2.45) is 0 Å². The summed E-state index contributed by atoms with van der Waals surface area (Å²) >= 11 is 0. The van der Waals surface area contributed by atoms with Crippen LogP contribution >= 0.6 is 0 Å². The monoisotopic (exact) mass is 775 g/mol. The first kappa shape index (κ1) is 44.6. The van der Waals surface area contributed by atoms with Crippen LogP contribution in [0.1, 0.15) is 130 Å². The number of rotatable bonds is 18. The second-order valence-corrected chi connectivity index (χ2v) is 23.3. The molecule has 4 rings (SSSR count). The van der Waals surface area contributed by atoms with Crippen LogP contribution in [0.3, 0.4) is 0 Å². The van der Waals surface area contributed by atoms with E-state index in [4.69, 9.17) is 9.16 Å². The molecule has 0 radical (unpaired) electrons. The zero-order valence-corrected chi connectivity index (χ0v) is 36.9. The quantitative estimate of drug-likeness (QED) is 0.0857. The van der Waals surface area contributed by atoms with E-state index in [9.17, 15) is 9.59 Å². The Morgan fingerprint density at radius 3 is 1.82 bits per heavy atom. The summed E-state index contributed by atoms with van der Waals surface area (Å²) in [4.78, 5) is 36.6. The second kappa shape index (κ2) is 20.9. The highest BCUT2D eigenvalue weighted by Gasteiger charge is 2.48. The summed E-state index contributed by atoms with van der Waals surface area (Å²) in [5.74, 6) is 0. The third-order valence-corrected chi connectivity index (χ3v) is 16.1.